The fraction of sp³-hybridized carbons (Fsp3) is 0.182. The van der Waals surface area contributed by atoms with Crippen molar-refractivity contribution in [2.45, 2.75) is 6.92 Å². The van der Waals surface area contributed by atoms with E-state index in [1.807, 2.05) is 0 Å². The lowest BCUT2D eigenvalue weighted by Gasteiger charge is -2.05. The number of imide groups is 1. The lowest BCUT2D eigenvalue weighted by molar-refractivity contribution is -0.0328. The van der Waals surface area contributed by atoms with Gasteiger partial charge in [0.25, 0.3) is 11.8 Å². The topological polar surface area (TPSA) is 83.9 Å². The number of benzene rings is 1. The maximum atomic E-state index is 11.6. The molecule has 0 atom stereocenters. The molecule has 2 rings (SSSR count). The van der Waals surface area contributed by atoms with Gasteiger partial charge in [0, 0.05) is 0 Å². The van der Waals surface area contributed by atoms with E-state index >= 15 is 0 Å². The Morgan fingerprint density at radius 2 is 2.06 bits per heavy atom. The van der Waals surface area contributed by atoms with E-state index in [2.05, 4.69) is 0 Å². The molecule has 0 unspecified atom stereocenters. The number of carbonyl (C=O) groups excluding carboxylic acids is 3. The highest BCUT2D eigenvalue weighted by atomic mass is 16.5. The normalized spacial score (nSPS) is 13.9. The van der Waals surface area contributed by atoms with Gasteiger partial charge in [0.2, 0.25) is 0 Å². The Balaban J connectivity index is 2.56. The first-order valence-corrected chi connectivity index (χ1v) is 4.95. The van der Waals surface area contributed by atoms with Crippen LogP contribution in [0.1, 0.15) is 38.0 Å². The Morgan fingerprint density at radius 1 is 1.35 bits per heavy atom. The van der Waals surface area contributed by atoms with Crippen LogP contribution in [0.25, 0.3) is 0 Å². The van der Waals surface area contributed by atoms with E-state index in [1.54, 1.807) is 6.92 Å². The molecule has 0 spiro atoms. The highest BCUT2D eigenvalue weighted by molar-refractivity contribution is 6.23. The Morgan fingerprint density at radius 3 is 2.71 bits per heavy atom. The summed E-state index contributed by atoms with van der Waals surface area (Å²) in [5.74, 6) is -2.44. The minimum absolute atomic E-state index is 0.00283. The maximum absolute atomic E-state index is 11.6. The second-order valence-electron chi connectivity index (χ2n) is 3.37. The zero-order valence-electron chi connectivity index (χ0n) is 8.97. The first-order chi connectivity index (χ1) is 8.07. The molecule has 0 saturated carbocycles. The number of amides is 2. The number of hydroxylamine groups is 2. The molecule has 6 heteroatoms. The Labute approximate surface area is 96.4 Å². The molecule has 6 nitrogen and oxygen atoms in total. The standard InChI is InChI=1S/C11H9NO5/c1-2-17-11(15)7-5-3-4-6-8(7)10(14)12(16)9(6)13/h3-5,16H,2H2,1H3. The van der Waals surface area contributed by atoms with Crippen LogP contribution in [0.4, 0.5) is 0 Å². The van der Waals surface area contributed by atoms with Crippen molar-refractivity contribution in [1.29, 1.82) is 0 Å². The molecule has 0 aromatic heterocycles. The monoisotopic (exact) mass is 235 g/mol. The lowest BCUT2D eigenvalue weighted by atomic mass is 10.0. The summed E-state index contributed by atoms with van der Waals surface area (Å²) in [7, 11) is 0. The van der Waals surface area contributed by atoms with Gasteiger partial charge in [-0.2, -0.15) is 0 Å². The van der Waals surface area contributed by atoms with Gasteiger partial charge in [0.05, 0.1) is 23.3 Å². The molecule has 0 aliphatic carbocycles. The molecule has 1 aliphatic rings. The first kappa shape index (κ1) is 11.3. The molecule has 1 N–H and O–H groups in total. The van der Waals surface area contributed by atoms with Crippen LogP contribution in [0.5, 0.6) is 0 Å². The van der Waals surface area contributed by atoms with Crippen molar-refractivity contribution < 1.29 is 24.3 Å². The molecule has 1 aromatic carbocycles. The smallest absolute Gasteiger partial charge is 0.338 e. The SMILES string of the molecule is CCOC(=O)c1cccc2c1C(=O)N(O)C2=O. The van der Waals surface area contributed by atoms with Crippen LogP contribution in [0.2, 0.25) is 0 Å². The highest BCUT2D eigenvalue weighted by Crippen LogP contribution is 2.25. The summed E-state index contributed by atoms with van der Waals surface area (Å²) < 4.78 is 4.77. The van der Waals surface area contributed by atoms with E-state index in [1.165, 1.54) is 18.2 Å². The number of hydrogen-bond donors (Lipinski definition) is 1. The number of carbonyl (C=O) groups is 3. The molecule has 0 fully saturated rings. The Bertz CT molecular complexity index is 523. The molecule has 17 heavy (non-hydrogen) atoms. The molecular formula is C11H9NO5. The van der Waals surface area contributed by atoms with Gasteiger partial charge >= 0.3 is 5.97 Å². The second kappa shape index (κ2) is 3.99. The van der Waals surface area contributed by atoms with E-state index in [9.17, 15) is 19.6 Å². The fourth-order valence-corrected chi connectivity index (χ4v) is 1.65. The van der Waals surface area contributed by atoms with E-state index in [0.717, 1.165) is 0 Å². The summed E-state index contributed by atoms with van der Waals surface area (Å²) in [6, 6.07) is 4.20. The van der Waals surface area contributed by atoms with Crippen LogP contribution in [0.15, 0.2) is 18.2 Å². The van der Waals surface area contributed by atoms with Crippen molar-refractivity contribution in [3.05, 3.63) is 34.9 Å². The van der Waals surface area contributed by atoms with Gasteiger partial charge in [0.15, 0.2) is 0 Å². The quantitative estimate of drug-likeness (QED) is 0.466. The van der Waals surface area contributed by atoms with Crippen LogP contribution in [0.3, 0.4) is 0 Å². The average Bonchev–Trinajstić information content (AvgIpc) is 2.55. The molecule has 1 aliphatic heterocycles. The number of esters is 1. The van der Waals surface area contributed by atoms with Crippen molar-refractivity contribution in [3.8, 4) is 0 Å². The third kappa shape index (κ3) is 1.58. The van der Waals surface area contributed by atoms with Crippen LogP contribution in [-0.2, 0) is 4.74 Å². The summed E-state index contributed by atoms with van der Waals surface area (Å²) in [6.45, 7) is 1.79. The summed E-state index contributed by atoms with van der Waals surface area (Å²) in [6.07, 6.45) is 0. The van der Waals surface area contributed by atoms with Crippen molar-refractivity contribution in [1.82, 2.24) is 5.06 Å². The van der Waals surface area contributed by atoms with Crippen LogP contribution in [-0.4, -0.2) is 34.7 Å². The van der Waals surface area contributed by atoms with Crippen molar-refractivity contribution in [2.75, 3.05) is 6.61 Å². The van der Waals surface area contributed by atoms with Gasteiger partial charge in [-0.3, -0.25) is 14.8 Å². The predicted octanol–water partition coefficient (Wildman–Crippen LogP) is 0.849. The van der Waals surface area contributed by atoms with Gasteiger partial charge in [0.1, 0.15) is 0 Å². The zero-order chi connectivity index (χ0) is 12.6. The van der Waals surface area contributed by atoms with Crippen LogP contribution in [0, 0.1) is 0 Å². The van der Waals surface area contributed by atoms with Crippen molar-refractivity contribution in [3.63, 3.8) is 0 Å². The van der Waals surface area contributed by atoms with E-state index < -0.39 is 17.8 Å². The highest BCUT2D eigenvalue weighted by Gasteiger charge is 2.38. The average molecular weight is 235 g/mol. The molecule has 1 heterocycles. The number of ether oxygens (including phenoxy) is 1. The molecule has 0 radical (unpaired) electrons. The summed E-state index contributed by atoms with van der Waals surface area (Å²) in [5.41, 5.74) is -0.124. The van der Waals surface area contributed by atoms with Crippen LogP contribution >= 0.6 is 0 Å². The fourth-order valence-electron chi connectivity index (χ4n) is 1.65. The largest absolute Gasteiger partial charge is 0.462 e. The van der Waals surface area contributed by atoms with Crippen molar-refractivity contribution in [2.24, 2.45) is 0 Å². The van der Waals surface area contributed by atoms with Crippen molar-refractivity contribution >= 4 is 17.8 Å². The van der Waals surface area contributed by atoms with E-state index in [0.29, 0.717) is 0 Å². The number of hydrogen-bond acceptors (Lipinski definition) is 5. The van der Waals surface area contributed by atoms with Gasteiger partial charge in [-0.25, -0.2) is 4.79 Å². The van der Waals surface area contributed by atoms with Gasteiger partial charge < -0.3 is 4.74 Å². The molecule has 88 valence electrons. The summed E-state index contributed by atoms with van der Waals surface area (Å²) >= 11 is 0. The first-order valence-electron chi connectivity index (χ1n) is 4.95. The molecule has 2 amide bonds. The molecular weight excluding hydrogens is 226 g/mol. The van der Waals surface area contributed by atoms with Gasteiger partial charge in [-0.1, -0.05) is 6.07 Å². The molecule has 0 saturated heterocycles. The number of nitrogens with zero attached hydrogens (tertiary/aromatic N) is 1. The number of fused-ring (bicyclic) bond motifs is 1. The Hall–Kier alpha value is -2.21. The van der Waals surface area contributed by atoms with E-state index in [-0.39, 0.29) is 28.4 Å². The molecule has 0 bridgehead atoms. The third-order valence-corrected chi connectivity index (χ3v) is 2.39. The third-order valence-electron chi connectivity index (χ3n) is 2.39. The zero-order valence-corrected chi connectivity index (χ0v) is 8.97. The van der Waals surface area contributed by atoms with Gasteiger partial charge in [-0.05, 0) is 19.1 Å². The van der Waals surface area contributed by atoms with Crippen LogP contribution < -0.4 is 0 Å². The summed E-state index contributed by atoms with van der Waals surface area (Å²) in [4.78, 5) is 34.6. The summed E-state index contributed by atoms with van der Waals surface area (Å²) in [5, 5.41) is 9.20. The minimum Gasteiger partial charge on any atom is -0.462 e. The maximum Gasteiger partial charge on any atom is 0.338 e. The van der Waals surface area contributed by atoms with E-state index in [4.69, 9.17) is 4.74 Å². The Kier molecular flexibility index (Phi) is 2.64. The minimum atomic E-state index is -0.909. The predicted molar refractivity (Wildman–Crippen MR) is 54.7 cm³/mol. The number of rotatable bonds is 2. The molecule has 1 aromatic rings. The second-order valence-corrected chi connectivity index (χ2v) is 3.37. The lowest BCUT2D eigenvalue weighted by Crippen LogP contribution is -2.25. The van der Waals surface area contributed by atoms with Gasteiger partial charge in [-0.15, -0.1) is 5.06 Å².